The minimum atomic E-state index is -2.65. The molecule has 0 aliphatic carbocycles. The fraction of sp³-hybridized carbons (Fsp3) is 0.462. The molecule has 1 saturated heterocycles. The summed E-state index contributed by atoms with van der Waals surface area (Å²) in [6, 6.07) is 12.5. The highest BCUT2D eigenvalue weighted by Crippen LogP contribution is 2.23. The van der Waals surface area contributed by atoms with Gasteiger partial charge in [0.2, 0.25) is 0 Å². The molecule has 0 aromatic heterocycles. The van der Waals surface area contributed by atoms with E-state index < -0.39 is 12.2 Å². The smallest absolute Gasteiger partial charge is 0.278 e. The van der Waals surface area contributed by atoms with E-state index in [0.29, 0.717) is 30.0 Å². The quantitative estimate of drug-likeness (QED) is 0.502. The van der Waals surface area contributed by atoms with Crippen LogP contribution in [0.5, 0.6) is 5.75 Å². The minimum absolute atomic E-state index is 0.0553. The summed E-state index contributed by atoms with van der Waals surface area (Å²) in [6.45, 7) is 9.62. The predicted octanol–water partition coefficient (Wildman–Crippen LogP) is 4.29. The molecule has 0 N–H and O–H groups in total. The lowest BCUT2D eigenvalue weighted by atomic mass is 10.0. The van der Waals surface area contributed by atoms with E-state index >= 15 is 0 Å². The minimum Gasteiger partial charge on any atom is -0.492 e. The Kier molecular flexibility index (Phi) is 8.41. The first kappa shape index (κ1) is 25.2. The van der Waals surface area contributed by atoms with Crippen LogP contribution in [-0.4, -0.2) is 80.6 Å². The van der Waals surface area contributed by atoms with Crippen LogP contribution in [-0.2, 0) is 6.54 Å². The average Bonchev–Trinajstić information content (AvgIpc) is 3.37. The van der Waals surface area contributed by atoms with Gasteiger partial charge in [0.1, 0.15) is 23.9 Å². The van der Waals surface area contributed by atoms with Crippen molar-refractivity contribution in [2.24, 2.45) is 10.2 Å². The third-order valence-corrected chi connectivity index (χ3v) is 6.56. The lowest BCUT2D eigenvalue weighted by Crippen LogP contribution is -2.47. The van der Waals surface area contributed by atoms with E-state index in [1.54, 1.807) is 12.1 Å². The second kappa shape index (κ2) is 11.7. The van der Waals surface area contributed by atoms with Gasteiger partial charge in [-0.2, -0.15) is 10.2 Å². The number of anilines is 1. The number of alkyl halides is 2. The van der Waals surface area contributed by atoms with Gasteiger partial charge >= 0.3 is 0 Å². The fourth-order valence-electron chi connectivity index (χ4n) is 4.27. The first-order valence-electron chi connectivity index (χ1n) is 12.0. The van der Waals surface area contributed by atoms with Crippen LogP contribution in [0.2, 0.25) is 0 Å². The van der Waals surface area contributed by atoms with Crippen molar-refractivity contribution in [1.82, 2.24) is 9.80 Å². The number of likely N-dealkylation sites (N-methyl/N-ethyl adjacent to an activating group) is 1. The zero-order valence-electron chi connectivity index (χ0n) is 20.3. The van der Waals surface area contributed by atoms with Crippen molar-refractivity contribution in [2.75, 3.05) is 57.8 Å². The van der Waals surface area contributed by atoms with Crippen molar-refractivity contribution < 1.29 is 17.9 Å². The van der Waals surface area contributed by atoms with E-state index in [1.807, 2.05) is 36.2 Å². The fourth-order valence-corrected chi connectivity index (χ4v) is 4.27. The molecular formula is C26H32F3N5O. The number of piperazine rings is 1. The van der Waals surface area contributed by atoms with Crippen molar-refractivity contribution in [3.8, 4) is 5.75 Å². The van der Waals surface area contributed by atoms with Crippen molar-refractivity contribution in [3.63, 3.8) is 0 Å². The molecule has 0 saturated carbocycles. The second-order valence-electron chi connectivity index (χ2n) is 8.90. The highest BCUT2D eigenvalue weighted by Gasteiger charge is 2.22. The molecule has 2 aliphatic rings. The number of hydrogen-bond acceptors (Lipinski definition) is 6. The number of rotatable bonds is 10. The maximum Gasteiger partial charge on any atom is 0.278 e. The van der Waals surface area contributed by atoms with Crippen molar-refractivity contribution in [1.29, 1.82) is 0 Å². The Labute approximate surface area is 204 Å². The molecule has 0 spiro atoms. The van der Waals surface area contributed by atoms with E-state index in [2.05, 4.69) is 26.9 Å². The number of nitrogens with zero attached hydrogens (tertiary/aromatic N) is 5. The summed E-state index contributed by atoms with van der Waals surface area (Å²) >= 11 is 0. The predicted molar refractivity (Wildman–Crippen MR) is 134 cm³/mol. The van der Waals surface area contributed by atoms with Gasteiger partial charge in [0.25, 0.3) is 6.43 Å². The Morgan fingerprint density at radius 1 is 1.00 bits per heavy atom. The summed E-state index contributed by atoms with van der Waals surface area (Å²) in [7, 11) is 1.89. The van der Waals surface area contributed by atoms with E-state index in [4.69, 9.17) is 4.74 Å². The van der Waals surface area contributed by atoms with Gasteiger partial charge in [-0.05, 0) is 36.9 Å². The molecule has 2 aliphatic heterocycles. The highest BCUT2D eigenvalue weighted by molar-refractivity contribution is 6.15. The number of hydrogen-bond donors (Lipinski definition) is 0. The molecule has 9 heteroatoms. The number of benzene rings is 2. The van der Waals surface area contributed by atoms with Crippen LogP contribution in [0.3, 0.4) is 0 Å². The molecule has 1 fully saturated rings. The van der Waals surface area contributed by atoms with E-state index in [1.165, 1.54) is 6.07 Å². The molecule has 35 heavy (non-hydrogen) atoms. The Morgan fingerprint density at radius 2 is 1.71 bits per heavy atom. The van der Waals surface area contributed by atoms with Crippen LogP contribution in [0, 0.1) is 5.82 Å². The van der Waals surface area contributed by atoms with Crippen LogP contribution in [0.25, 0.3) is 0 Å². The number of halogens is 3. The first-order chi connectivity index (χ1) is 16.9. The summed E-state index contributed by atoms with van der Waals surface area (Å²) in [5.41, 5.74) is 1.99. The molecule has 0 amide bonds. The van der Waals surface area contributed by atoms with Gasteiger partial charge in [-0.3, -0.25) is 4.90 Å². The Bertz CT molecular complexity index is 1050. The van der Waals surface area contributed by atoms with Crippen molar-refractivity contribution in [2.45, 2.75) is 26.3 Å². The Morgan fingerprint density at radius 3 is 2.34 bits per heavy atom. The molecule has 4 rings (SSSR count). The highest BCUT2D eigenvalue weighted by atomic mass is 19.3. The molecule has 6 nitrogen and oxygen atoms in total. The van der Waals surface area contributed by atoms with E-state index in [-0.39, 0.29) is 12.1 Å². The SMILES string of the molecule is CCN1CCN(CCOc2ccc(N(C)Cc3ccc(C4=NN=C(C(F)F)C4)cc3F)cc2)CC1. The normalized spacial score (nSPS) is 17.0. The molecule has 0 atom stereocenters. The molecule has 0 unspecified atom stereocenters. The zero-order chi connectivity index (χ0) is 24.8. The monoisotopic (exact) mass is 487 g/mol. The van der Waals surface area contributed by atoms with Gasteiger partial charge in [0.15, 0.2) is 0 Å². The van der Waals surface area contributed by atoms with E-state index in [0.717, 1.165) is 50.7 Å². The lowest BCUT2D eigenvalue weighted by molar-refractivity contribution is 0.121. The summed E-state index contributed by atoms with van der Waals surface area (Å²) in [4.78, 5) is 6.83. The van der Waals surface area contributed by atoms with Crippen molar-refractivity contribution in [3.05, 3.63) is 59.4 Å². The van der Waals surface area contributed by atoms with Crippen LogP contribution >= 0.6 is 0 Å². The molecule has 188 valence electrons. The van der Waals surface area contributed by atoms with Crippen LogP contribution in [0.4, 0.5) is 18.9 Å². The van der Waals surface area contributed by atoms with Gasteiger partial charge in [-0.1, -0.05) is 19.1 Å². The maximum atomic E-state index is 14.7. The lowest BCUT2D eigenvalue weighted by Gasteiger charge is -2.33. The van der Waals surface area contributed by atoms with Gasteiger partial charge in [0, 0.05) is 69.6 Å². The van der Waals surface area contributed by atoms with Gasteiger partial charge in [-0.15, -0.1) is 0 Å². The largest absolute Gasteiger partial charge is 0.492 e. The third kappa shape index (κ3) is 6.61. The summed E-state index contributed by atoms with van der Waals surface area (Å²) in [5, 5.41) is 7.28. The van der Waals surface area contributed by atoms with Crippen molar-refractivity contribution >= 4 is 17.1 Å². The average molecular weight is 488 g/mol. The summed E-state index contributed by atoms with van der Waals surface area (Å²) in [6.07, 6.45) is -2.70. The Hall–Kier alpha value is -2.91. The van der Waals surface area contributed by atoms with Crippen LogP contribution in [0.15, 0.2) is 52.7 Å². The number of ether oxygens (including phenoxy) is 1. The molecule has 2 heterocycles. The zero-order valence-corrected chi connectivity index (χ0v) is 20.3. The van der Waals surface area contributed by atoms with Gasteiger partial charge in [-0.25, -0.2) is 13.2 Å². The van der Waals surface area contributed by atoms with Crippen LogP contribution < -0.4 is 9.64 Å². The third-order valence-electron chi connectivity index (χ3n) is 6.56. The second-order valence-corrected chi connectivity index (χ2v) is 8.90. The van der Waals surface area contributed by atoms with Gasteiger partial charge < -0.3 is 14.5 Å². The van der Waals surface area contributed by atoms with E-state index in [9.17, 15) is 13.2 Å². The van der Waals surface area contributed by atoms with Crippen LogP contribution in [0.1, 0.15) is 24.5 Å². The molecule has 0 bridgehead atoms. The standard InChI is InChI=1S/C26H32F3N5O/c1-3-33-10-12-34(13-11-33)14-15-35-22-8-6-21(7-9-22)32(2)18-20-5-4-19(16-23(20)27)24-17-25(26(28)29)31-30-24/h4-9,16,26H,3,10-15,17-18H2,1-2H3. The summed E-state index contributed by atoms with van der Waals surface area (Å²) < 4.78 is 46.2. The summed E-state index contributed by atoms with van der Waals surface area (Å²) in [5.74, 6) is 0.412. The molecule has 0 radical (unpaired) electrons. The first-order valence-corrected chi connectivity index (χ1v) is 12.0. The topological polar surface area (TPSA) is 43.7 Å². The Balaban J connectivity index is 1.26. The maximum absolute atomic E-state index is 14.7. The molecular weight excluding hydrogens is 455 g/mol. The van der Waals surface area contributed by atoms with Gasteiger partial charge in [0.05, 0.1) is 5.71 Å². The molecule has 2 aromatic rings. The molecule has 2 aromatic carbocycles.